The lowest BCUT2D eigenvalue weighted by atomic mass is 9.94. The van der Waals surface area contributed by atoms with Crippen molar-refractivity contribution in [2.24, 2.45) is 11.8 Å². The van der Waals surface area contributed by atoms with Crippen LogP contribution in [0.3, 0.4) is 0 Å². The standard InChI is InChI=1S/C8H15N/c1-7(6-9)8-4-2-3-5-8/h6-9H,2-5H2,1H3. The van der Waals surface area contributed by atoms with Gasteiger partial charge in [0.15, 0.2) is 0 Å². The molecular weight excluding hydrogens is 110 g/mol. The highest BCUT2D eigenvalue weighted by Crippen LogP contribution is 2.29. The number of rotatable bonds is 2. The SMILES string of the molecule is CC(C=N)C1CCCC1. The second-order valence-corrected chi connectivity index (χ2v) is 3.07. The summed E-state index contributed by atoms with van der Waals surface area (Å²) < 4.78 is 0. The summed E-state index contributed by atoms with van der Waals surface area (Å²) in [6, 6.07) is 0. The summed E-state index contributed by atoms with van der Waals surface area (Å²) in [6.07, 6.45) is 7.09. The third kappa shape index (κ3) is 1.54. The summed E-state index contributed by atoms with van der Waals surface area (Å²) in [5.41, 5.74) is 0. The summed E-state index contributed by atoms with van der Waals surface area (Å²) in [5, 5.41) is 7.05. The maximum absolute atomic E-state index is 7.05. The lowest BCUT2D eigenvalue weighted by molar-refractivity contribution is 0.462. The molecule has 1 nitrogen and oxygen atoms in total. The van der Waals surface area contributed by atoms with E-state index in [4.69, 9.17) is 5.41 Å². The van der Waals surface area contributed by atoms with Gasteiger partial charge < -0.3 is 5.41 Å². The first-order valence-electron chi connectivity index (χ1n) is 3.85. The highest BCUT2D eigenvalue weighted by molar-refractivity contribution is 5.56. The predicted molar refractivity (Wildman–Crippen MR) is 39.9 cm³/mol. The van der Waals surface area contributed by atoms with Crippen LogP contribution >= 0.6 is 0 Å². The molecule has 0 aromatic heterocycles. The summed E-state index contributed by atoms with van der Waals surface area (Å²) in [6.45, 7) is 2.16. The van der Waals surface area contributed by atoms with Crippen molar-refractivity contribution < 1.29 is 0 Å². The lowest BCUT2D eigenvalue weighted by Crippen LogP contribution is -2.07. The highest BCUT2D eigenvalue weighted by atomic mass is 14.4. The van der Waals surface area contributed by atoms with Gasteiger partial charge in [-0.3, -0.25) is 0 Å². The molecule has 1 rings (SSSR count). The van der Waals surface area contributed by atoms with Crippen molar-refractivity contribution in [3.05, 3.63) is 0 Å². The van der Waals surface area contributed by atoms with E-state index in [-0.39, 0.29) is 0 Å². The fourth-order valence-electron chi connectivity index (χ4n) is 1.62. The summed E-state index contributed by atoms with van der Waals surface area (Å²) >= 11 is 0. The Bertz CT molecular complexity index is 92.7. The Balaban J connectivity index is 2.32. The Morgan fingerprint density at radius 2 is 2.00 bits per heavy atom. The van der Waals surface area contributed by atoms with Gasteiger partial charge in [-0.1, -0.05) is 19.8 Å². The van der Waals surface area contributed by atoms with E-state index in [1.54, 1.807) is 6.21 Å². The molecule has 0 aliphatic heterocycles. The van der Waals surface area contributed by atoms with Gasteiger partial charge in [0.05, 0.1) is 0 Å². The molecule has 1 unspecified atom stereocenters. The van der Waals surface area contributed by atoms with E-state index in [9.17, 15) is 0 Å². The zero-order valence-electron chi connectivity index (χ0n) is 6.06. The molecule has 0 bridgehead atoms. The lowest BCUT2D eigenvalue weighted by Gasteiger charge is -2.11. The molecule has 1 N–H and O–H groups in total. The second kappa shape index (κ2) is 3.00. The Hall–Kier alpha value is -0.330. The average molecular weight is 125 g/mol. The third-order valence-corrected chi connectivity index (χ3v) is 2.41. The van der Waals surface area contributed by atoms with Crippen molar-refractivity contribution in [1.29, 1.82) is 5.41 Å². The molecule has 0 aromatic carbocycles. The predicted octanol–water partition coefficient (Wildman–Crippen LogP) is 2.46. The first-order chi connectivity index (χ1) is 4.34. The molecule has 1 aliphatic rings. The molecule has 0 spiro atoms. The van der Waals surface area contributed by atoms with Crippen LogP contribution in [-0.2, 0) is 0 Å². The molecule has 1 fully saturated rings. The number of nitrogens with one attached hydrogen (secondary N) is 1. The molecule has 1 atom stereocenters. The molecule has 0 radical (unpaired) electrons. The van der Waals surface area contributed by atoms with E-state index in [1.165, 1.54) is 25.7 Å². The Labute approximate surface area is 57.0 Å². The topological polar surface area (TPSA) is 23.9 Å². The van der Waals surface area contributed by atoms with Crippen molar-refractivity contribution in [2.45, 2.75) is 32.6 Å². The molecule has 0 saturated heterocycles. The van der Waals surface area contributed by atoms with Crippen molar-refractivity contribution in [3.63, 3.8) is 0 Å². The van der Waals surface area contributed by atoms with Crippen molar-refractivity contribution in [3.8, 4) is 0 Å². The normalized spacial score (nSPS) is 24.1. The van der Waals surface area contributed by atoms with Crippen LogP contribution in [0.4, 0.5) is 0 Å². The van der Waals surface area contributed by atoms with Crippen LogP contribution in [0, 0.1) is 17.2 Å². The van der Waals surface area contributed by atoms with Gasteiger partial charge in [0, 0.05) is 0 Å². The largest absolute Gasteiger partial charge is 0.313 e. The molecule has 1 saturated carbocycles. The monoisotopic (exact) mass is 125 g/mol. The zero-order chi connectivity index (χ0) is 6.69. The molecular formula is C8H15N. The van der Waals surface area contributed by atoms with E-state index in [0.717, 1.165) is 5.92 Å². The number of hydrogen-bond donors (Lipinski definition) is 1. The summed E-state index contributed by atoms with van der Waals surface area (Å²) in [7, 11) is 0. The van der Waals surface area contributed by atoms with E-state index >= 15 is 0 Å². The van der Waals surface area contributed by atoms with Crippen LogP contribution in [0.2, 0.25) is 0 Å². The van der Waals surface area contributed by atoms with Gasteiger partial charge in [-0.05, 0) is 30.9 Å². The first kappa shape index (κ1) is 6.79. The van der Waals surface area contributed by atoms with Gasteiger partial charge >= 0.3 is 0 Å². The maximum atomic E-state index is 7.05. The minimum atomic E-state index is 0.535. The van der Waals surface area contributed by atoms with Gasteiger partial charge in [0.1, 0.15) is 0 Å². The molecule has 0 amide bonds. The summed E-state index contributed by atoms with van der Waals surface area (Å²) in [5.74, 6) is 1.37. The van der Waals surface area contributed by atoms with Crippen LogP contribution in [0.5, 0.6) is 0 Å². The highest BCUT2D eigenvalue weighted by Gasteiger charge is 2.19. The van der Waals surface area contributed by atoms with E-state index in [1.807, 2.05) is 0 Å². The quantitative estimate of drug-likeness (QED) is 0.548. The van der Waals surface area contributed by atoms with E-state index in [0.29, 0.717) is 5.92 Å². The van der Waals surface area contributed by atoms with Gasteiger partial charge in [-0.25, -0.2) is 0 Å². The molecule has 52 valence electrons. The smallest absolute Gasteiger partial charge is 0.00167 e. The van der Waals surface area contributed by atoms with Crippen molar-refractivity contribution in [2.75, 3.05) is 0 Å². The fraction of sp³-hybridized carbons (Fsp3) is 0.875. The van der Waals surface area contributed by atoms with Gasteiger partial charge in [0.2, 0.25) is 0 Å². The molecule has 0 aromatic rings. The Morgan fingerprint density at radius 3 is 2.44 bits per heavy atom. The van der Waals surface area contributed by atoms with Crippen LogP contribution < -0.4 is 0 Å². The first-order valence-corrected chi connectivity index (χ1v) is 3.85. The average Bonchev–Trinajstić information content (AvgIpc) is 2.37. The molecule has 1 aliphatic carbocycles. The minimum Gasteiger partial charge on any atom is -0.313 e. The van der Waals surface area contributed by atoms with Crippen LogP contribution in [0.15, 0.2) is 0 Å². The van der Waals surface area contributed by atoms with Crippen molar-refractivity contribution in [1.82, 2.24) is 0 Å². The summed E-state index contributed by atoms with van der Waals surface area (Å²) in [4.78, 5) is 0. The zero-order valence-corrected chi connectivity index (χ0v) is 6.06. The van der Waals surface area contributed by atoms with Crippen LogP contribution in [0.25, 0.3) is 0 Å². The Kier molecular flexibility index (Phi) is 2.26. The van der Waals surface area contributed by atoms with Gasteiger partial charge in [0.25, 0.3) is 0 Å². The third-order valence-electron chi connectivity index (χ3n) is 2.41. The van der Waals surface area contributed by atoms with E-state index < -0.39 is 0 Å². The van der Waals surface area contributed by atoms with Crippen LogP contribution in [-0.4, -0.2) is 6.21 Å². The molecule has 1 heteroatoms. The second-order valence-electron chi connectivity index (χ2n) is 3.07. The Morgan fingerprint density at radius 1 is 1.44 bits per heavy atom. The van der Waals surface area contributed by atoms with E-state index in [2.05, 4.69) is 6.92 Å². The van der Waals surface area contributed by atoms with Gasteiger partial charge in [-0.15, -0.1) is 0 Å². The maximum Gasteiger partial charge on any atom is -0.00167 e. The molecule has 9 heavy (non-hydrogen) atoms. The van der Waals surface area contributed by atoms with Gasteiger partial charge in [-0.2, -0.15) is 0 Å². The van der Waals surface area contributed by atoms with Crippen molar-refractivity contribution >= 4 is 6.21 Å². The number of hydrogen-bond acceptors (Lipinski definition) is 1. The molecule has 0 heterocycles. The fourth-order valence-corrected chi connectivity index (χ4v) is 1.62. The van der Waals surface area contributed by atoms with Crippen LogP contribution in [0.1, 0.15) is 32.6 Å². The minimum absolute atomic E-state index is 0.535.